The highest BCUT2D eigenvalue weighted by molar-refractivity contribution is 5.38. The van der Waals surface area contributed by atoms with Crippen molar-refractivity contribution in [2.75, 3.05) is 0 Å². The van der Waals surface area contributed by atoms with Gasteiger partial charge in [0.05, 0.1) is 0 Å². The summed E-state index contributed by atoms with van der Waals surface area (Å²) in [6.07, 6.45) is 4.60. The van der Waals surface area contributed by atoms with Crippen LogP contribution in [0, 0.1) is 5.82 Å². The lowest BCUT2D eigenvalue weighted by Gasteiger charge is -2.25. The van der Waals surface area contributed by atoms with E-state index in [1.165, 1.54) is 30.3 Å². The van der Waals surface area contributed by atoms with Crippen molar-refractivity contribution in [2.45, 2.75) is 5.60 Å². The molecule has 1 atom stereocenters. The lowest BCUT2D eigenvalue weighted by Crippen LogP contribution is -2.24. The fourth-order valence-corrected chi connectivity index (χ4v) is 1.69. The number of aliphatic hydroxyl groups is 1. The first kappa shape index (κ1) is 11.5. The molecule has 86 valence electrons. The molecule has 17 heavy (non-hydrogen) atoms. The predicted octanol–water partition coefficient (Wildman–Crippen LogP) is 2.64. The van der Waals surface area contributed by atoms with E-state index >= 15 is 0 Å². The van der Waals surface area contributed by atoms with E-state index in [1.54, 1.807) is 24.5 Å². The Morgan fingerprint density at radius 1 is 1.18 bits per heavy atom. The Hall–Kier alpha value is -2.00. The summed E-state index contributed by atoms with van der Waals surface area (Å²) in [6.45, 7) is 3.64. The van der Waals surface area contributed by atoms with Crippen LogP contribution in [0.3, 0.4) is 0 Å². The molecule has 0 saturated carbocycles. The zero-order valence-electron chi connectivity index (χ0n) is 9.18. The number of nitrogens with zero attached hydrogens (tertiary/aromatic N) is 1. The van der Waals surface area contributed by atoms with E-state index in [2.05, 4.69) is 11.6 Å². The first-order valence-corrected chi connectivity index (χ1v) is 5.19. The Balaban J connectivity index is 2.51. The summed E-state index contributed by atoms with van der Waals surface area (Å²) >= 11 is 0. The fourth-order valence-electron chi connectivity index (χ4n) is 1.69. The van der Waals surface area contributed by atoms with Crippen LogP contribution in [-0.2, 0) is 5.60 Å². The van der Waals surface area contributed by atoms with E-state index in [0.717, 1.165) is 0 Å². The standard InChI is InChI=1S/C14H12FNO/c1-2-14(17,12-4-3-9-16-10-12)11-5-7-13(15)8-6-11/h2-10,17H,1H2/t14-/m0/s1. The van der Waals surface area contributed by atoms with Gasteiger partial charge in [0.15, 0.2) is 0 Å². The molecular formula is C14H12FNO. The highest BCUT2D eigenvalue weighted by Crippen LogP contribution is 2.30. The fraction of sp³-hybridized carbons (Fsp3) is 0.0714. The second kappa shape index (κ2) is 4.47. The summed E-state index contributed by atoms with van der Waals surface area (Å²) in [7, 11) is 0. The van der Waals surface area contributed by atoms with E-state index in [9.17, 15) is 9.50 Å². The average Bonchev–Trinajstić information content (AvgIpc) is 2.40. The Morgan fingerprint density at radius 3 is 2.41 bits per heavy atom. The van der Waals surface area contributed by atoms with Crippen molar-refractivity contribution in [3.8, 4) is 0 Å². The minimum atomic E-state index is -1.35. The van der Waals surface area contributed by atoms with Crippen LogP contribution in [0.25, 0.3) is 0 Å². The maximum absolute atomic E-state index is 12.9. The number of halogens is 1. The van der Waals surface area contributed by atoms with Crippen molar-refractivity contribution >= 4 is 0 Å². The third-order valence-corrected chi connectivity index (χ3v) is 2.68. The molecule has 0 aliphatic rings. The second-order valence-corrected chi connectivity index (χ2v) is 3.72. The highest BCUT2D eigenvalue weighted by Gasteiger charge is 2.27. The van der Waals surface area contributed by atoms with Gasteiger partial charge in [0.1, 0.15) is 11.4 Å². The van der Waals surface area contributed by atoms with E-state index in [1.807, 2.05) is 0 Å². The van der Waals surface area contributed by atoms with Crippen molar-refractivity contribution in [1.29, 1.82) is 0 Å². The van der Waals surface area contributed by atoms with Crippen LogP contribution in [0.5, 0.6) is 0 Å². The number of hydrogen-bond donors (Lipinski definition) is 1. The monoisotopic (exact) mass is 229 g/mol. The van der Waals surface area contributed by atoms with Crippen molar-refractivity contribution in [3.63, 3.8) is 0 Å². The first-order valence-electron chi connectivity index (χ1n) is 5.19. The third-order valence-electron chi connectivity index (χ3n) is 2.68. The van der Waals surface area contributed by atoms with Crippen LogP contribution < -0.4 is 0 Å². The maximum Gasteiger partial charge on any atom is 0.134 e. The molecule has 2 nitrogen and oxygen atoms in total. The smallest absolute Gasteiger partial charge is 0.134 e. The van der Waals surface area contributed by atoms with Crippen molar-refractivity contribution in [2.24, 2.45) is 0 Å². The Labute approximate surface area is 99.1 Å². The van der Waals surface area contributed by atoms with Gasteiger partial charge < -0.3 is 5.11 Å². The topological polar surface area (TPSA) is 33.1 Å². The van der Waals surface area contributed by atoms with E-state index in [0.29, 0.717) is 11.1 Å². The van der Waals surface area contributed by atoms with Crippen molar-refractivity contribution in [1.82, 2.24) is 4.98 Å². The van der Waals surface area contributed by atoms with Crippen LogP contribution in [0.1, 0.15) is 11.1 Å². The molecule has 0 saturated heterocycles. The van der Waals surface area contributed by atoms with Crippen molar-refractivity contribution in [3.05, 3.63) is 78.4 Å². The lowest BCUT2D eigenvalue weighted by atomic mass is 9.87. The summed E-state index contributed by atoms with van der Waals surface area (Å²) in [5, 5.41) is 10.6. The van der Waals surface area contributed by atoms with Gasteiger partial charge in [-0.3, -0.25) is 4.98 Å². The Morgan fingerprint density at radius 2 is 1.88 bits per heavy atom. The zero-order chi connectivity index (χ0) is 12.3. The summed E-state index contributed by atoms with van der Waals surface area (Å²) in [4.78, 5) is 3.96. The van der Waals surface area contributed by atoms with Gasteiger partial charge in [-0.15, -0.1) is 0 Å². The molecule has 1 heterocycles. The molecule has 0 aliphatic carbocycles. The van der Waals surface area contributed by atoms with Gasteiger partial charge in [-0.2, -0.15) is 0 Å². The summed E-state index contributed by atoms with van der Waals surface area (Å²) in [6, 6.07) is 9.15. The van der Waals surface area contributed by atoms with Crippen LogP contribution >= 0.6 is 0 Å². The normalized spacial score (nSPS) is 14.0. The van der Waals surface area contributed by atoms with E-state index in [-0.39, 0.29) is 5.82 Å². The quantitative estimate of drug-likeness (QED) is 0.821. The molecular weight excluding hydrogens is 217 g/mol. The molecule has 0 unspecified atom stereocenters. The third kappa shape index (κ3) is 2.10. The molecule has 1 aromatic carbocycles. The van der Waals surface area contributed by atoms with Gasteiger partial charge in [-0.25, -0.2) is 4.39 Å². The van der Waals surface area contributed by atoms with Gasteiger partial charge in [0, 0.05) is 18.0 Å². The molecule has 0 aliphatic heterocycles. The van der Waals surface area contributed by atoms with Gasteiger partial charge in [0.25, 0.3) is 0 Å². The molecule has 0 fully saturated rings. The van der Waals surface area contributed by atoms with E-state index < -0.39 is 5.60 Å². The molecule has 1 aromatic heterocycles. The lowest BCUT2D eigenvalue weighted by molar-refractivity contribution is 0.134. The van der Waals surface area contributed by atoms with Gasteiger partial charge >= 0.3 is 0 Å². The summed E-state index contributed by atoms with van der Waals surface area (Å²) < 4.78 is 12.9. The highest BCUT2D eigenvalue weighted by atomic mass is 19.1. The Bertz CT molecular complexity index is 510. The molecule has 0 bridgehead atoms. The van der Waals surface area contributed by atoms with Gasteiger partial charge in [-0.1, -0.05) is 30.9 Å². The SMILES string of the molecule is C=C[C@](O)(c1ccc(F)cc1)c1cccnc1. The summed E-state index contributed by atoms with van der Waals surface area (Å²) in [5.41, 5.74) is -0.189. The second-order valence-electron chi connectivity index (χ2n) is 3.72. The van der Waals surface area contributed by atoms with Gasteiger partial charge in [0.2, 0.25) is 0 Å². The molecule has 2 aromatic rings. The maximum atomic E-state index is 12.9. The molecule has 0 radical (unpaired) electrons. The Kier molecular flexibility index (Phi) is 3.02. The molecule has 1 N–H and O–H groups in total. The average molecular weight is 229 g/mol. The minimum Gasteiger partial charge on any atom is -0.377 e. The van der Waals surface area contributed by atoms with Gasteiger partial charge in [-0.05, 0) is 23.8 Å². The number of pyridine rings is 1. The van der Waals surface area contributed by atoms with Crippen LogP contribution in [0.4, 0.5) is 4.39 Å². The van der Waals surface area contributed by atoms with Crippen LogP contribution in [-0.4, -0.2) is 10.1 Å². The first-order chi connectivity index (χ1) is 8.16. The number of hydrogen-bond acceptors (Lipinski definition) is 2. The van der Waals surface area contributed by atoms with Crippen LogP contribution in [0.2, 0.25) is 0 Å². The minimum absolute atomic E-state index is 0.341. The molecule has 0 spiro atoms. The zero-order valence-corrected chi connectivity index (χ0v) is 9.18. The number of benzene rings is 1. The molecule has 2 rings (SSSR count). The summed E-state index contributed by atoms with van der Waals surface area (Å²) in [5.74, 6) is -0.341. The number of rotatable bonds is 3. The molecule has 3 heteroatoms. The number of aromatic nitrogens is 1. The van der Waals surface area contributed by atoms with E-state index in [4.69, 9.17) is 0 Å². The largest absolute Gasteiger partial charge is 0.377 e. The molecule has 0 amide bonds. The van der Waals surface area contributed by atoms with Crippen molar-refractivity contribution < 1.29 is 9.50 Å². The van der Waals surface area contributed by atoms with Crippen LogP contribution in [0.15, 0.2) is 61.4 Å². The predicted molar refractivity (Wildman–Crippen MR) is 63.8 cm³/mol.